The summed E-state index contributed by atoms with van der Waals surface area (Å²) in [6, 6.07) is 7.27. The number of carbonyl (C=O) groups is 1. The monoisotopic (exact) mass is 245 g/mol. The Labute approximate surface area is 105 Å². The zero-order valence-corrected chi connectivity index (χ0v) is 10.2. The summed E-state index contributed by atoms with van der Waals surface area (Å²) in [5.41, 5.74) is 1.49. The zero-order chi connectivity index (χ0) is 13.0. The lowest BCUT2D eigenvalue weighted by atomic mass is 10.1. The highest BCUT2D eigenvalue weighted by Crippen LogP contribution is 2.27. The van der Waals surface area contributed by atoms with E-state index in [4.69, 9.17) is 9.84 Å². The Hall–Kier alpha value is -2.10. The van der Waals surface area contributed by atoms with Crippen molar-refractivity contribution in [1.82, 2.24) is 4.98 Å². The number of pyridine rings is 1. The van der Waals surface area contributed by atoms with Gasteiger partial charge in [0.2, 0.25) is 0 Å². The summed E-state index contributed by atoms with van der Waals surface area (Å²) in [7, 11) is 0. The summed E-state index contributed by atoms with van der Waals surface area (Å²) in [5, 5.41) is 9.73. The van der Waals surface area contributed by atoms with Crippen LogP contribution in [-0.2, 0) is 11.2 Å². The Balaban J connectivity index is 2.48. The molecule has 0 fully saturated rings. The van der Waals surface area contributed by atoms with Gasteiger partial charge in [0.1, 0.15) is 11.3 Å². The molecule has 1 heterocycles. The van der Waals surface area contributed by atoms with E-state index in [9.17, 15) is 4.79 Å². The van der Waals surface area contributed by atoms with Crippen molar-refractivity contribution in [1.29, 1.82) is 0 Å². The quantitative estimate of drug-likeness (QED) is 0.879. The van der Waals surface area contributed by atoms with Gasteiger partial charge in [0.05, 0.1) is 13.0 Å². The number of ether oxygens (including phenoxy) is 1. The van der Waals surface area contributed by atoms with Crippen LogP contribution in [0.1, 0.15) is 18.9 Å². The molecule has 94 valence electrons. The minimum Gasteiger partial charge on any atom is -0.491 e. The molecule has 2 rings (SSSR count). The van der Waals surface area contributed by atoms with Crippen molar-refractivity contribution in [3.63, 3.8) is 0 Å². The molecule has 0 saturated carbocycles. The third-order valence-corrected chi connectivity index (χ3v) is 2.63. The van der Waals surface area contributed by atoms with Gasteiger partial charge in [0.25, 0.3) is 0 Å². The van der Waals surface area contributed by atoms with Gasteiger partial charge in [-0.05, 0) is 24.1 Å². The predicted octanol–water partition coefficient (Wildman–Crippen LogP) is 2.65. The molecule has 0 amide bonds. The molecule has 0 aliphatic carbocycles. The molecule has 0 aliphatic heterocycles. The van der Waals surface area contributed by atoms with Crippen molar-refractivity contribution in [3.05, 3.63) is 36.0 Å². The lowest BCUT2D eigenvalue weighted by molar-refractivity contribution is -0.136. The zero-order valence-electron chi connectivity index (χ0n) is 10.2. The van der Waals surface area contributed by atoms with Gasteiger partial charge in [0, 0.05) is 11.6 Å². The maximum atomic E-state index is 10.8. The summed E-state index contributed by atoms with van der Waals surface area (Å²) in [5.74, 6) is -0.135. The van der Waals surface area contributed by atoms with Crippen LogP contribution in [0.2, 0.25) is 0 Å². The topological polar surface area (TPSA) is 59.4 Å². The second-order valence-corrected chi connectivity index (χ2v) is 4.04. The average Bonchev–Trinajstić information content (AvgIpc) is 2.37. The van der Waals surface area contributed by atoms with E-state index in [-0.39, 0.29) is 6.42 Å². The molecule has 18 heavy (non-hydrogen) atoms. The maximum absolute atomic E-state index is 10.8. The standard InChI is InChI=1S/C14H15NO3/c1-2-8-18-12-6-5-10(9-13(16)17)11-4-3-7-15-14(11)12/h3-7H,2,8-9H2,1H3,(H,16,17). The first-order chi connectivity index (χ1) is 8.72. The second kappa shape index (κ2) is 5.49. The average molecular weight is 245 g/mol. The molecule has 0 radical (unpaired) electrons. The highest BCUT2D eigenvalue weighted by atomic mass is 16.5. The maximum Gasteiger partial charge on any atom is 0.307 e. The fourth-order valence-electron chi connectivity index (χ4n) is 1.85. The third-order valence-electron chi connectivity index (χ3n) is 2.63. The van der Waals surface area contributed by atoms with E-state index < -0.39 is 5.97 Å². The highest BCUT2D eigenvalue weighted by molar-refractivity contribution is 5.90. The van der Waals surface area contributed by atoms with Gasteiger partial charge >= 0.3 is 5.97 Å². The minimum atomic E-state index is -0.845. The first-order valence-electron chi connectivity index (χ1n) is 5.93. The van der Waals surface area contributed by atoms with Crippen LogP contribution in [0.4, 0.5) is 0 Å². The fourth-order valence-corrected chi connectivity index (χ4v) is 1.85. The van der Waals surface area contributed by atoms with Gasteiger partial charge in [0.15, 0.2) is 0 Å². The third kappa shape index (κ3) is 2.59. The van der Waals surface area contributed by atoms with Crippen LogP contribution < -0.4 is 4.74 Å². The van der Waals surface area contributed by atoms with Crippen LogP contribution in [0, 0.1) is 0 Å². The van der Waals surface area contributed by atoms with Crippen LogP contribution in [0.15, 0.2) is 30.5 Å². The molecule has 0 saturated heterocycles. The number of benzene rings is 1. The molecular formula is C14H15NO3. The van der Waals surface area contributed by atoms with Gasteiger partial charge < -0.3 is 9.84 Å². The smallest absolute Gasteiger partial charge is 0.307 e. The summed E-state index contributed by atoms with van der Waals surface area (Å²) >= 11 is 0. The predicted molar refractivity (Wildman–Crippen MR) is 68.9 cm³/mol. The Kier molecular flexibility index (Phi) is 3.77. The Morgan fingerprint density at radius 2 is 2.22 bits per heavy atom. The Bertz CT molecular complexity index is 566. The fraction of sp³-hybridized carbons (Fsp3) is 0.286. The number of nitrogens with zero attached hydrogens (tertiary/aromatic N) is 1. The molecule has 1 aromatic carbocycles. The SMILES string of the molecule is CCCOc1ccc(CC(=O)O)c2cccnc12. The van der Waals surface area contributed by atoms with Crippen molar-refractivity contribution < 1.29 is 14.6 Å². The van der Waals surface area contributed by atoms with E-state index in [2.05, 4.69) is 4.98 Å². The number of hydrogen-bond donors (Lipinski definition) is 1. The first-order valence-corrected chi connectivity index (χ1v) is 5.93. The molecule has 0 spiro atoms. The van der Waals surface area contributed by atoms with Gasteiger partial charge in [-0.25, -0.2) is 0 Å². The number of carboxylic acids is 1. The van der Waals surface area contributed by atoms with E-state index in [1.165, 1.54) is 0 Å². The van der Waals surface area contributed by atoms with Crippen molar-refractivity contribution in [3.8, 4) is 5.75 Å². The minimum absolute atomic E-state index is 0.00372. The highest BCUT2D eigenvalue weighted by Gasteiger charge is 2.10. The molecule has 0 atom stereocenters. The molecule has 1 aromatic heterocycles. The molecular weight excluding hydrogens is 230 g/mol. The molecule has 4 heteroatoms. The summed E-state index contributed by atoms with van der Waals surface area (Å²) in [6.45, 7) is 2.67. The van der Waals surface area contributed by atoms with Gasteiger partial charge in [-0.2, -0.15) is 0 Å². The van der Waals surface area contributed by atoms with Crippen molar-refractivity contribution >= 4 is 16.9 Å². The van der Waals surface area contributed by atoms with Crippen LogP contribution in [0.25, 0.3) is 10.9 Å². The first kappa shape index (κ1) is 12.4. The van der Waals surface area contributed by atoms with Crippen LogP contribution in [-0.4, -0.2) is 22.7 Å². The van der Waals surface area contributed by atoms with Crippen molar-refractivity contribution in [2.45, 2.75) is 19.8 Å². The lowest BCUT2D eigenvalue weighted by Crippen LogP contribution is -2.02. The number of aromatic nitrogens is 1. The molecule has 0 unspecified atom stereocenters. The molecule has 0 aliphatic rings. The number of fused-ring (bicyclic) bond motifs is 1. The van der Waals surface area contributed by atoms with E-state index in [0.717, 1.165) is 22.9 Å². The van der Waals surface area contributed by atoms with Crippen molar-refractivity contribution in [2.75, 3.05) is 6.61 Å². The second-order valence-electron chi connectivity index (χ2n) is 4.04. The number of hydrogen-bond acceptors (Lipinski definition) is 3. The van der Waals surface area contributed by atoms with Crippen LogP contribution in [0.3, 0.4) is 0 Å². The van der Waals surface area contributed by atoms with Gasteiger partial charge in [-0.1, -0.05) is 19.1 Å². The van der Waals surface area contributed by atoms with Crippen LogP contribution in [0.5, 0.6) is 5.75 Å². The van der Waals surface area contributed by atoms with Gasteiger partial charge in [-0.3, -0.25) is 9.78 Å². The van der Waals surface area contributed by atoms with E-state index >= 15 is 0 Å². The lowest BCUT2D eigenvalue weighted by Gasteiger charge is -2.10. The molecule has 2 aromatic rings. The van der Waals surface area contributed by atoms with E-state index in [0.29, 0.717) is 12.4 Å². The summed E-state index contributed by atoms with van der Waals surface area (Å²) < 4.78 is 5.62. The number of aliphatic carboxylic acids is 1. The largest absolute Gasteiger partial charge is 0.491 e. The molecule has 1 N–H and O–H groups in total. The molecule has 0 bridgehead atoms. The Morgan fingerprint density at radius 3 is 2.94 bits per heavy atom. The summed E-state index contributed by atoms with van der Waals surface area (Å²) in [4.78, 5) is 15.1. The Morgan fingerprint density at radius 1 is 1.39 bits per heavy atom. The van der Waals surface area contributed by atoms with Crippen LogP contribution >= 0.6 is 0 Å². The van der Waals surface area contributed by atoms with E-state index in [1.807, 2.05) is 13.0 Å². The van der Waals surface area contributed by atoms with E-state index in [1.54, 1.807) is 24.4 Å². The summed E-state index contributed by atoms with van der Waals surface area (Å²) in [6.07, 6.45) is 2.60. The number of rotatable bonds is 5. The number of carboxylic acid groups (broad SMARTS) is 1. The van der Waals surface area contributed by atoms with Gasteiger partial charge in [-0.15, -0.1) is 0 Å². The van der Waals surface area contributed by atoms with Crippen molar-refractivity contribution in [2.24, 2.45) is 0 Å². The normalized spacial score (nSPS) is 10.5. The molecule has 4 nitrogen and oxygen atoms in total.